The zero-order valence-electron chi connectivity index (χ0n) is 9.34. The minimum Gasteiger partial charge on any atom is -0.344 e. The lowest BCUT2D eigenvalue weighted by Crippen LogP contribution is -2.21. The molecule has 0 aromatic heterocycles. The molecular formula is C8H6F3N3O4S2. The van der Waals surface area contributed by atoms with Crippen molar-refractivity contribution >= 4 is 32.1 Å². The van der Waals surface area contributed by atoms with E-state index in [0.717, 1.165) is 0 Å². The Bertz CT molecular complexity index is 812. The van der Waals surface area contributed by atoms with Crippen LogP contribution in [0.25, 0.3) is 0 Å². The first kappa shape index (κ1) is 14.7. The highest BCUT2D eigenvalue weighted by atomic mass is 32.2. The second-order valence-corrected chi connectivity index (χ2v) is 6.90. The molecule has 110 valence electrons. The maximum absolute atomic E-state index is 12.9. The van der Waals surface area contributed by atoms with Crippen LogP contribution >= 0.6 is 0 Å². The highest BCUT2D eigenvalue weighted by Gasteiger charge is 2.39. The Hall–Kier alpha value is -1.66. The average molecular weight is 329 g/mol. The van der Waals surface area contributed by atoms with Crippen molar-refractivity contribution < 1.29 is 30.0 Å². The van der Waals surface area contributed by atoms with Crippen molar-refractivity contribution in [3.63, 3.8) is 0 Å². The summed E-state index contributed by atoms with van der Waals surface area (Å²) < 4.78 is 87.1. The van der Waals surface area contributed by atoms with E-state index in [-0.39, 0.29) is 6.07 Å². The minimum atomic E-state index is -4.97. The monoisotopic (exact) mass is 329 g/mol. The fraction of sp³-hybridized carbons (Fsp3) is 0.125. The topological polar surface area (TPSA) is 119 Å². The Morgan fingerprint density at radius 1 is 1.25 bits per heavy atom. The third-order valence-corrected chi connectivity index (χ3v) is 4.54. The highest BCUT2D eigenvalue weighted by molar-refractivity contribution is 7.91. The molecule has 3 N–H and O–H groups in total. The fourth-order valence-electron chi connectivity index (χ4n) is 1.55. The lowest BCUT2D eigenvalue weighted by atomic mass is 10.1. The van der Waals surface area contributed by atoms with Crippen molar-refractivity contribution in [3.05, 3.63) is 17.7 Å². The lowest BCUT2D eigenvalue weighted by molar-refractivity contribution is -0.137. The molecule has 0 atom stereocenters. The number of alkyl halides is 3. The molecule has 1 aliphatic rings. The van der Waals surface area contributed by atoms with Gasteiger partial charge in [-0.2, -0.15) is 21.6 Å². The predicted molar refractivity (Wildman–Crippen MR) is 62.1 cm³/mol. The van der Waals surface area contributed by atoms with Crippen molar-refractivity contribution in [2.45, 2.75) is 16.0 Å². The Labute approximate surface area is 111 Å². The van der Waals surface area contributed by atoms with Gasteiger partial charge in [-0.3, -0.25) is 0 Å². The summed E-state index contributed by atoms with van der Waals surface area (Å²) in [5.41, 5.74) is -2.26. The van der Waals surface area contributed by atoms with Crippen LogP contribution in [0.2, 0.25) is 0 Å². The third kappa shape index (κ3) is 2.48. The summed E-state index contributed by atoms with van der Waals surface area (Å²) in [4.78, 5) is -1.87. The number of nitrogens with zero attached hydrogens (tertiary/aromatic N) is 1. The molecule has 0 spiro atoms. The first-order valence-corrected chi connectivity index (χ1v) is 7.75. The van der Waals surface area contributed by atoms with Crippen molar-refractivity contribution in [1.29, 1.82) is 0 Å². The Morgan fingerprint density at radius 2 is 1.85 bits per heavy atom. The van der Waals surface area contributed by atoms with Crippen molar-refractivity contribution in [1.82, 2.24) is 0 Å². The molecular weight excluding hydrogens is 323 g/mol. The van der Waals surface area contributed by atoms with Gasteiger partial charge in [-0.25, -0.2) is 13.6 Å². The Morgan fingerprint density at radius 3 is 2.35 bits per heavy atom. The lowest BCUT2D eigenvalue weighted by Gasteiger charge is -2.19. The third-order valence-electron chi connectivity index (χ3n) is 2.39. The quantitative estimate of drug-likeness (QED) is 0.777. The Kier molecular flexibility index (Phi) is 3.07. The van der Waals surface area contributed by atoms with E-state index in [9.17, 15) is 30.0 Å². The number of anilines is 1. The second kappa shape index (κ2) is 4.17. The van der Waals surface area contributed by atoms with Crippen LogP contribution in [-0.4, -0.2) is 23.2 Å². The summed E-state index contributed by atoms with van der Waals surface area (Å²) in [6.45, 7) is 0. The number of halogens is 3. The van der Waals surface area contributed by atoms with Gasteiger partial charge in [0, 0.05) is 0 Å². The standard InChI is InChI=1S/C8H6F3N3O4S2/c9-8(10,11)5-1-4(19(12,15)16)2-6-7(5)13-3-14-20(6,17)18/h1-3H,(H,13,14)(H2,12,15,16). The molecule has 1 aromatic carbocycles. The van der Waals surface area contributed by atoms with Gasteiger partial charge < -0.3 is 5.32 Å². The maximum atomic E-state index is 12.9. The normalized spacial score (nSPS) is 17.4. The molecule has 2 rings (SSSR count). The molecule has 0 unspecified atom stereocenters. The van der Waals surface area contributed by atoms with Crippen LogP contribution in [0.4, 0.5) is 18.9 Å². The van der Waals surface area contributed by atoms with Gasteiger partial charge in [-0.15, -0.1) is 4.40 Å². The summed E-state index contributed by atoms with van der Waals surface area (Å²) in [7, 11) is -8.93. The molecule has 0 radical (unpaired) electrons. The minimum absolute atomic E-state index is 0.260. The Balaban J connectivity index is 2.92. The molecule has 0 bridgehead atoms. The van der Waals surface area contributed by atoms with E-state index < -0.39 is 47.3 Å². The number of rotatable bonds is 1. The van der Waals surface area contributed by atoms with Gasteiger partial charge >= 0.3 is 6.18 Å². The van der Waals surface area contributed by atoms with E-state index in [1.165, 1.54) is 0 Å². The molecule has 0 fully saturated rings. The van der Waals surface area contributed by atoms with Crippen LogP contribution in [0.3, 0.4) is 0 Å². The second-order valence-electron chi connectivity index (χ2n) is 3.74. The van der Waals surface area contributed by atoms with E-state index in [1.807, 2.05) is 5.32 Å². The number of nitrogens with two attached hydrogens (primary N) is 1. The molecule has 12 heteroatoms. The van der Waals surface area contributed by atoms with Gasteiger partial charge in [0.15, 0.2) is 0 Å². The average Bonchev–Trinajstić information content (AvgIpc) is 2.24. The van der Waals surface area contributed by atoms with E-state index in [0.29, 0.717) is 12.4 Å². The number of hydrogen-bond acceptors (Lipinski definition) is 5. The van der Waals surface area contributed by atoms with Crippen LogP contribution < -0.4 is 10.5 Å². The van der Waals surface area contributed by atoms with E-state index in [1.54, 1.807) is 0 Å². The largest absolute Gasteiger partial charge is 0.418 e. The molecule has 0 saturated heterocycles. The number of benzene rings is 1. The summed E-state index contributed by atoms with van der Waals surface area (Å²) in [6, 6.07) is 0.786. The molecule has 0 aliphatic carbocycles. The van der Waals surface area contributed by atoms with Crippen molar-refractivity contribution in [3.8, 4) is 0 Å². The smallest absolute Gasteiger partial charge is 0.344 e. The number of hydrogen-bond donors (Lipinski definition) is 2. The van der Waals surface area contributed by atoms with Gasteiger partial charge in [0.25, 0.3) is 10.0 Å². The van der Waals surface area contributed by atoms with E-state index >= 15 is 0 Å². The number of sulfonamides is 2. The summed E-state index contributed by atoms with van der Waals surface area (Å²) in [5, 5.41) is 6.79. The predicted octanol–water partition coefficient (Wildman–Crippen LogP) is 0.495. The highest BCUT2D eigenvalue weighted by Crippen LogP contribution is 2.41. The van der Waals surface area contributed by atoms with Gasteiger partial charge in [0.2, 0.25) is 10.0 Å². The van der Waals surface area contributed by atoms with Crippen LogP contribution in [0.15, 0.2) is 26.3 Å². The van der Waals surface area contributed by atoms with Gasteiger partial charge in [-0.05, 0) is 12.1 Å². The SMILES string of the molecule is NS(=O)(=O)c1cc(C(F)(F)F)c2c(c1)S(=O)(=O)N=CN2. The van der Waals surface area contributed by atoms with Crippen LogP contribution in [0.5, 0.6) is 0 Å². The van der Waals surface area contributed by atoms with Crippen LogP contribution in [0.1, 0.15) is 5.56 Å². The van der Waals surface area contributed by atoms with Gasteiger partial charge in [0.05, 0.1) is 16.1 Å². The van der Waals surface area contributed by atoms with Crippen LogP contribution in [0, 0.1) is 0 Å². The van der Waals surface area contributed by atoms with E-state index in [4.69, 9.17) is 5.14 Å². The molecule has 7 nitrogen and oxygen atoms in total. The molecule has 1 aliphatic heterocycles. The molecule has 20 heavy (non-hydrogen) atoms. The number of primary sulfonamides is 1. The zero-order valence-corrected chi connectivity index (χ0v) is 11.0. The maximum Gasteiger partial charge on any atom is 0.418 e. The fourth-order valence-corrected chi connectivity index (χ4v) is 3.19. The molecule has 0 amide bonds. The summed E-state index contributed by atoms with van der Waals surface area (Å²) >= 11 is 0. The molecule has 0 saturated carbocycles. The first-order valence-electron chi connectivity index (χ1n) is 4.76. The first-order chi connectivity index (χ1) is 8.93. The van der Waals surface area contributed by atoms with Gasteiger partial charge in [0.1, 0.15) is 11.2 Å². The summed E-state index contributed by atoms with van der Waals surface area (Å²) in [6.07, 6.45) is -4.40. The van der Waals surface area contributed by atoms with Crippen molar-refractivity contribution in [2.75, 3.05) is 5.32 Å². The van der Waals surface area contributed by atoms with Crippen molar-refractivity contribution in [2.24, 2.45) is 9.54 Å². The number of nitrogens with one attached hydrogen (secondary N) is 1. The molecule has 1 heterocycles. The summed E-state index contributed by atoms with van der Waals surface area (Å²) in [5.74, 6) is 0. The van der Waals surface area contributed by atoms with E-state index in [2.05, 4.69) is 4.40 Å². The number of fused-ring (bicyclic) bond motifs is 1. The van der Waals surface area contributed by atoms with Crippen LogP contribution in [-0.2, 0) is 26.2 Å². The van der Waals surface area contributed by atoms with Gasteiger partial charge in [-0.1, -0.05) is 0 Å². The molecule has 1 aromatic rings. The zero-order chi connectivity index (χ0) is 15.3.